The third-order valence-electron chi connectivity index (χ3n) is 2.62. The molecule has 1 rings (SSSR count). The molecule has 0 atom stereocenters. The van der Waals surface area contributed by atoms with Crippen molar-refractivity contribution in [2.45, 2.75) is 33.7 Å². The second-order valence-corrected chi connectivity index (χ2v) is 4.94. The van der Waals surface area contributed by atoms with Gasteiger partial charge in [0.05, 0.1) is 5.69 Å². The van der Waals surface area contributed by atoms with Crippen molar-refractivity contribution >= 4 is 12.0 Å². The topological polar surface area (TPSA) is 20.3 Å². The van der Waals surface area contributed by atoms with Gasteiger partial charge in [-0.2, -0.15) is 0 Å². The Bertz CT molecular complexity index is 388. The molecule has 0 N–H and O–H groups in total. The van der Waals surface area contributed by atoms with Gasteiger partial charge in [-0.3, -0.25) is 4.79 Å². The lowest BCUT2D eigenvalue weighted by atomic mass is 10.1. The predicted octanol–water partition coefficient (Wildman–Crippen LogP) is 3.51. The molecule has 0 aliphatic rings. The number of hydrogen-bond donors (Lipinski definition) is 0. The van der Waals surface area contributed by atoms with Gasteiger partial charge in [-0.05, 0) is 31.9 Å². The maximum Gasteiger partial charge on any atom is 0.152 e. The summed E-state index contributed by atoms with van der Waals surface area (Å²) in [5.74, 6) is 0.0838. The Morgan fingerprint density at radius 2 is 1.94 bits per heavy atom. The van der Waals surface area contributed by atoms with E-state index in [2.05, 4.69) is 13.8 Å². The number of hydrogen-bond acceptors (Lipinski definition) is 2. The summed E-state index contributed by atoms with van der Waals surface area (Å²) in [6, 6.07) is 4.78. The summed E-state index contributed by atoms with van der Waals surface area (Å²) in [5, 5.41) is 0. The largest absolute Gasteiger partial charge is 0.366 e. The molecule has 0 amide bonds. The van der Waals surface area contributed by atoms with E-state index in [1.165, 1.54) is 6.07 Å². The molecule has 0 aliphatic heterocycles. The fraction of sp³-hybridized carbons (Fsp3) is 0.500. The maximum atomic E-state index is 13.9. The molecule has 0 unspecified atom stereocenters. The van der Waals surface area contributed by atoms with Crippen LogP contribution in [0.3, 0.4) is 0 Å². The summed E-state index contributed by atoms with van der Waals surface area (Å²) in [6.07, 6.45) is 0.716. The number of benzene rings is 1. The maximum absolute atomic E-state index is 13.9. The normalized spacial score (nSPS) is 11.0. The van der Waals surface area contributed by atoms with Crippen LogP contribution in [0.2, 0.25) is 0 Å². The lowest BCUT2D eigenvalue weighted by Gasteiger charge is -2.32. The molecule has 0 aliphatic carbocycles. The quantitative estimate of drug-likeness (QED) is 0.730. The smallest absolute Gasteiger partial charge is 0.152 e. The second-order valence-electron chi connectivity index (χ2n) is 4.94. The fourth-order valence-electron chi connectivity index (χ4n) is 1.88. The van der Waals surface area contributed by atoms with Gasteiger partial charge in [0.2, 0.25) is 0 Å². The number of rotatable bonds is 5. The lowest BCUT2D eigenvalue weighted by molar-refractivity contribution is 0.112. The summed E-state index contributed by atoms with van der Waals surface area (Å²) in [6.45, 7) is 8.90. The van der Waals surface area contributed by atoms with E-state index in [4.69, 9.17) is 0 Å². The minimum Gasteiger partial charge on any atom is -0.366 e. The first-order valence-electron chi connectivity index (χ1n) is 5.97. The highest BCUT2D eigenvalue weighted by atomic mass is 19.1. The minimum atomic E-state index is -0.330. The van der Waals surface area contributed by atoms with Crippen LogP contribution in [0, 0.1) is 11.7 Å². The summed E-state index contributed by atoms with van der Waals surface area (Å²) in [4.78, 5) is 12.9. The average molecular weight is 237 g/mol. The monoisotopic (exact) mass is 237 g/mol. The van der Waals surface area contributed by atoms with Crippen LogP contribution in [0.15, 0.2) is 18.2 Å². The molecule has 94 valence electrons. The van der Waals surface area contributed by atoms with Gasteiger partial charge in [-0.25, -0.2) is 4.39 Å². The summed E-state index contributed by atoms with van der Waals surface area (Å²) < 4.78 is 13.9. The molecule has 1 aromatic rings. The van der Waals surface area contributed by atoms with Crippen molar-refractivity contribution in [3.05, 3.63) is 29.6 Å². The van der Waals surface area contributed by atoms with Crippen molar-refractivity contribution in [3.8, 4) is 0 Å². The van der Waals surface area contributed by atoms with Crippen molar-refractivity contribution < 1.29 is 9.18 Å². The zero-order chi connectivity index (χ0) is 13.0. The number of anilines is 1. The van der Waals surface area contributed by atoms with Gasteiger partial charge in [-0.15, -0.1) is 0 Å². The zero-order valence-corrected chi connectivity index (χ0v) is 10.9. The molecule has 17 heavy (non-hydrogen) atoms. The van der Waals surface area contributed by atoms with Crippen LogP contribution in [0.5, 0.6) is 0 Å². The van der Waals surface area contributed by atoms with Crippen LogP contribution in [0.1, 0.15) is 38.1 Å². The van der Waals surface area contributed by atoms with Crippen LogP contribution in [0.4, 0.5) is 10.1 Å². The van der Waals surface area contributed by atoms with Crippen LogP contribution in [0.25, 0.3) is 0 Å². The molecular formula is C14H20FNO. The zero-order valence-electron chi connectivity index (χ0n) is 10.9. The van der Waals surface area contributed by atoms with E-state index < -0.39 is 0 Å². The number of halogens is 1. The van der Waals surface area contributed by atoms with E-state index >= 15 is 0 Å². The number of carbonyl (C=O) groups excluding carboxylic acids is 1. The first kappa shape index (κ1) is 13.7. The molecule has 0 saturated heterocycles. The van der Waals surface area contributed by atoms with E-state index in [1.54, 1.807) is 12.1 Å². The number of para-hydroxylation sites is 1. The Morgan fingerprint density at radius 3 is 2.41 bits per heavy atom. The van der Waals surface area contributed by atoms with Gasteiger partial charge < -0.3 is 4.90 Å². The van der Waals surface area contributed by atoms with Gasteiger partial charge in [0, 0.05) is 18.2 Å². The number of nitrogens with zero attached hydrogens (tertiary/aromatic N) is 1. The van der Waals surface area contributed by atoms with E-state index in [0.29, 0.717) is 23.5 Å². The van der Waals surface area contributed by atoms with Gasteiger partial charge in [0.25, 0.3) is 0 Å². The third-order valence-corrected chi connectivity index (χ3v) is 2.62. The average Bonchev–Trinajstić information content (AvgIpc) is 2.25. The number of aldehydes is 1. The molecule has 0 fully saturated rings. The number of carbonyl (C=O) groups is 1. The Hall–Kier alpha value is -1.38. The minimum absolute atomic E-state index is 0.160. The third kappa shape index (κ3) is 3.29. The highest BCUT2D eigenvalue weighted by Gasteiger charge is 2.19. The van der Waals surface area contributed by atoms with Gasteiger partial charge in [0.15, 0.2) is 6.29 Å². The molecule has 0 heterocycles. The molecule has 0 spiro atoms. The standard InChI is InChI=1S/C14H20FNO/c1-10(2)8-16(11(3)4)14-12(9-17)6-5-7-13(14)15/h5-7,9-11H,8H2,1-4H3. The van der Waals surface area contributed by atoms with E-state index in [1.807, 2.05) is 18.7 Å². The van der Waals surface area contributed by atoms with Crippen molar-refractivity contribution in [1.29, 1.82) is 0 Å². The highest BCUT2D eigenvalue weighted by Crippen LogP contribution is 2.26. The van der Waals surface area contributed by atoms with E-state index in [0.717, 1.165) is 6.54 Å². The molecule has 1 aromatic carbocycles. The second kappa shape index (κ2) is 5.80. The first-order valence-corrected chi connectivity index (χ1v) is 5.97. The van der Waals surface area contributed by atoms with Gasteiger partial charge in [-0.1, -0.05) is 19.9 Å². The van der Waals surface area contributed by atoms with E-state index in [-0.39, 0.29) is 11.9 Å². The summed E-state index contributed by atoms with van der Waals surface area (Å²) in [5.41, 5.74) is 0.838. The Balaban J connectivity index is 3.21. The first-order chi connectivity index (χ1) is 7.97. The summed E-state index contributed by atoms with van der Waals surface area (Å²) in [7, 11) is 0. The SMILES string of the molecule is CC(C)CN(c1c(F)cccc1C=O)C(C)C. The van der Waals surface area contributed by atoms with Crippen molar-refractivity contribution in [2.75, 3.05) is 11.4 Å². The van der Waals surface area contributed by atoms with Crippen molar-refractivity contribution in [3.63, 3.8) is 0 Å². The lowest BCUT2D eigenvalue weighted by Crippen LogP contribution is -2.35. The van der Waals surface area contributed by atoms with Gasteiger partial charge in [0.1, 0.15) is 5.82 Å². The molecule has 0 radical (unpaired) electrons. The Kier molecular flexibility index (Phi) is 4.67. The Labute approximate surface area is 102 Å². The van der Waals surface area contributed by atoms with Crippen molar-refractivity contribution in [2.24, 2.45) is 5.92 Å². The van der Waals surface area contributed by atoms with Crippen molar-refractivity contribution in [1.82, 2.24) is 0 Å². The summed E-state index contributed by atoms with van der Waals surface area (Å²) >= 11 is 0. The van der Waals surface area contributed by atoms with Crippen LogP contribution >= 0.6 is 0 Å². The molecule has 0 saturated carbocycles. The Morgan fingerprint density at radius 1 is 1.29 bits per heavy atom. The molecule has 0 aromatic heterocycles. The molecule has 3 heteroatoms. The van der Waals surface area contributed by atoms with Crippen LogP contribution in [-0.4, -0.2) is 18.9 Å². The molecular weight excluding hydrogens is 217 g/mol. The highest BCUT2D eigenvalue weighted by molar-refractivity contribution is 5.85. The fourth-order valence-corrected chi connectivity index (χ4v) is 1.88. The molecule has 2 nitrogen and oxygen atoms in total. The van der Waals surface area contributed by atoms with E-state index in [9.17, 15) is 9.18 Å². The van der Waals surface area contributed by atoms with Crippen LogP contribution < -0.4 is 4.90 Å². The predicted molar refractivity (Wildman–Crippen MR) is 69.1 cm³/mol. The molecule has 0 bridgehead atoms. The van der Waals surface area contributed by atoms with Crippen LogP contribution in [-0.2, 0) is 0 Å². The van der Waals surface area contributed by atoms with Gasteiger partial charge >= 0.3 is 0 Å².